The number of hydrogen-bond donors (Lipinski definition) is 1. The summed E-state index contributed by atoms with van der Waals surface area (Å²) in [5, 5.41) is 28.0. The molecule has 0 saturated carbocycles. The van der Waals surface area contributed by atoms with Gasteiger partial charge >= 0.3 is 5.69 Å². The van der Waals surface area contributed by atoms with Crippen molar-refractivity contribution in [2.45, 2.75) is 13.5 Å². The van der Waals surface area contributed by atoms with Crippen LogP contribution in [0.15, 0.2) is 33.5 Å². The highest BCUT2D eigenvalue weighted by Gasteiger charge is 2.20. The number of benzene rings is 1. The molecule has 2 aromatic rings. The van der Waals surface area contributed by atoms with Gasteiger partial charge < -0.3 is 5.32 Å². The summed E-state index contributed by atoms with van der Waals surface area (Å²) in [5.74, 6) is -0.915. The smallest absolute Gasteiger partial charge is 0.306 e. The molecule has 0 aliphatic heterocycles. The van der Waals surface area contributed by atoms with Crippen molar-refractivity contribution in [1.29, 1.82) is 0 Å². The van der Waals surface area contributed by atoms with Crippen LogP contribution < -0.4 is 5.32 Å². The number of amides is 1. The fourth-order valence-corrected chi connectivity index (χ4v) is 3.30. The minimum Gasteiger partial charge on any atom is -0.324 e. The second-order valence-corrected chi connectivity index (χ2v) is 6.82. The molecule has 0 spiro atoms. The number of carbonyl (C=O) groups is 1. The van der Waals surface area contributed by atoms with E-state index in [1.807, 2.05) is 0 Å². The molecule has 1 unspecified atom stereocenters. The Balaban J connectivity index is 2.10. The molecular weight excluding hydrogens is 466 g/mol. The number of nitro benzene ring substituents is 1. The molecule has 1 amide bonds. The van der Waals surface area contributed by atoms with Crippen LogP contribution in [0.2, 0.25) is 0 Å². The van der Waals surface area contributed by atoms with E-state index in [1.54, 1.807) is 6.92 Å². The van der Waals surface area contributed by atoms with Crippen molar-refractivity contribution < 1.29 is 14.6 Å². The zero-order valence-electron chi connectivity index (χ0n) is 12.7. The summed E-state index contributed by atoms with van der Waals surface area (Å²) in [5.41, 5.74) is 0.0657. The topological polar surface area (TPSA) is 133 Å². The Morgan fingerprint density at radius 3 is 2.28 bits per heavy atom. The number of hydrogen-bond acceptors (Lipinski definition) is 6. The quantitative estimate of drug-likeness (QED) is 0.500. The molecule has 0 aliphatic rings. The minimum absolute atomic E-state index is 0.131. The molecule has 25 heavy (non-hydrogen) atoms. The monoisotopic (exact) mass is 475 g/mol. The second kappa shape index (κ2) is 7.70. The van der Waals surface area contributed by atoms with Gasteiger partial charge in [-0.3, -0.25) is 29.7 Å². The summed E-state index contributed by atoms with van der Waals surface area (Å²) >= 11 is 6.38. The van der Waals surface area contributed by atoms with Crippen molar-refractivity contribution in [3.63, 3.8) is 0 Å². The van der Waals surface area contributed by atoms with Crippen LogP contribution in [-0.4, -0.2) is 25.5 Å². The first-order chi connectivity index (χ1) is 11.7. The predicted octanol–water partition coefficient (Wildman–Crippen LogP) is 3.50. The first-order valence-corrected chi connectivity index (χ1v) is 8.38. The van der Waals surface area contributed by atoms with Crippen molar-refractivity contribution >= 4 is 54.8 Å². The first-order valence-electron chi connectivity index (χ1n) is 6.80. The molecular formula is C13H11Br2N5O5. The van der Waals surface area contributed by atoms with Gasteiger partial charge in [-0.05, 0) is 31.9 Å². The number of rotatable bonds is 6. The average Bonchev–Trinajstić information content (AvgIpc) is 2.99. The normalized spacial score (nSPS) is 11.8. The number of nitro groups is 2. The Kier molecular flexibility index (Phi) is 5.85. The maximum absolute atomic E-state index is 12.3. The molecule has 1 aromatic carbocycles. The number of aromatic nitrogens is 2. The molecule has 0 bridgehead atoms. The molecule has 0 fully saturated rings. The van der Waals surface area contributed by atoms with E-state index in [9.17, 15) is 25.0 Å². The zero-order valence-corrected chi connectivity index (χ0v) is 15.9. The molecule has 10 nitrogen and oxygen atoms in total. The number of nitrogens with zero attached hydrogens (tertiary/aromatic N) is 4. The van der Waals surface area contributed by atoms with E-state index in [4.69, 9.17) is 0 Å². The molecule has 1 N–H and O–H groups in total. The van der Waals surface area contributed by atoms with Gasteiger partial charge in [0.2, 0.25) is 5.91 Å². The summed E-state index contributed by atoms with van der Waals surface area (Å²) in [6, 6.07) is 2.56. The lowest BCUT2D eigenvalue weighted by atomic mass is 10.1. The van der Waals surface area contributed by atoms with Crippen molar-refractivity contribution in [1.82, 2.24) is 9.78 Å². The van der Waals surface area contributed by atoms with Gasteiger partial charge in [0.05, 0.1) is 28.0 Å². The third-order valence-electron chi connectivity index (χ3n) is 3.22. The highest BCUT2D eigenvalue weighted by molar-refractivity contribution is 9.11. The summed E-state index contributed by atoms with van der Waals surface area (Å²) in [7, 11) is 0. The van der Waals surface area contributed by atoms with Crippen LogP contribution in [0.1, 0.15) is 6.92 Å². The summed E-state index contributed by atoms with van der Waals surface area (Å²) in [6.45, 7) is 1.78. The lowest BCUT2D eigenvalue weighted by Crippen LogP contribution is -2.25. The molecule has 0 saturated heterocycles. The van der Waals surface area contributed by atoms with Gasteiger partial charge in [0.25, 0.3) is 5.69 Å². The Morgan fingerprint density at radius 1 is 1.24 bits per heavy atom. The first kappa shape index (κ1) is 19.0. The van der Waals surface area contributed by atoms with Crippen LogP contribution in [0.5, 0.6) is 0 Å². The molecule has 1 heterocycles. The number of non-ortho nitro benzene ring substituents is 1. The predicted molar refractivity (Wildman–Crippen MR) is 95.2 cm³/mol. The standard InChI is InChI=1S/C13H11Br2N5O5/c1-7(5-18-6-9(4-16-18)20(24)25)13(21)17-12-10(14)2-8(19(22)23)3-11(12)15/h2-4,6-7H,5H2,1H3,(H,17,21). The maximum atomic E-state index is 12.3. The highest BCUT2D eigenvalue weighted by Crippen LogP contribution is 2.35. The van der Waals surface area contributed by atoms with Crippen molar-refractivity contribution in [2.24, 2.45) is 5.92 Å². The van der Waals surface area contributed by atoms with Crippen LogP contribution in [0, 0.1) is 26.1 Å². The van der Waals surface area contributed by atoms with E-state index in [2.05, 4.69) is 42.3 Å². The molecule has 0 aliphatic carbocycles. The molecule has 0 radical (unpaired) electrons. The fourth-order valence-electron chi connectivity index (χ4n) is 1.94. The van der Waals surface area contributed by atoms with Crippen LogP contribution in [0.4, 0.5) is 17.1 Å². The maximum Gasteiger partial charge on any atom is 0.306 e. The Labute approximate surface area is 157 Å². The molecule has 1 aromatic heterocycles. The number of anilines is 1. The van der Waals surface area contributed by atoms with E-state index < -0.39 is 15.8 Å². The van der Waals surface area contributed by atoms with Crippen LogP contribution in [0.25, 0.3) is 0 Å². The van der Waals surface area contributed by atoms with Gasteiger partial charge in [-0.2, -0.15) is 5.10 Å². The summed E-state index contributed by atoms with van der Waals surface area (Å²) < 4.78 is 2.01. The molecule has 2 rings (SSSR count). The van der Waals surface area contributed by atoms with E-state index in [1.165, 1.54) is 23.0 Å². The average molecular weight is 477 g/mol. The van der Waals surface area contributed by atoms with Crippen LogP contribution in [0.3, 0.4) is 0 Å². The van der Waals surface area contributed by atoms with Crippen LogP contribution >= 0.6 is 31.9 Å². The minimum atomic E-state index is -0.570. The van der Waals surface area contributed by atoms with E-state index in [0.717, 1.165) is 6.20 Å². The van der Waals surface area contributed by atoms with Crippen LogP contribution in [-0.2, 0) is 11.3 Å². The van der Waals surface area contributed by atoms with E-state index >= 15 is 0 Å². The largest absolute Gasteiger partial charge is 0.324 e. The Morgan fingerprint density at radius 2 is 1.80 bits per heavy atom. The Bertz CT molecular complexity index is 830. The third kappa shape index (κ3) is 4.60. The van der Waals surface area contributed by atoms with Gasteiger partial charge in [-0.15, -0.1) is 0 Å². The molecule has 12 heteroatoms. The third-order valence-corrected chi connectivity index (χ3v) is 4.48. The zero-order chi connectivity index (χ0) is 18.7. The summed E-state index contributed by atoms with van der Waals surface area (Å²) in [4.78, 5) is 32.7. The number of carbonyl (C=O) groups excluding carboxylic acids is 1. The number of halogens is 2. The molecule has 132 valence electrons. The fraction of sp³-hybridized carbons (Fsp3) is 0.231. The lowest BCUT2D eigenvalue weighted by Gasteiger charge is -2.14. The van der Waals surface area contributed by atoms with Gasteiger partial charge in [-0.25, -0.2) is 0 Å². The second-order valence-electron chi connectivity index (χ2n) is 5.11. The molecule has 1 atom stereocenters. The van der Waals surface area contributed by atoms with Crippen molar-refractivity contribution in [3.8, 4) is 0 Å². The van der Waals surface area contributed by atoms with E-state index in [-0.39, 0.29) is 23.8 Å². The van der Waals surface area contributed by atoms with Gasteiger partial charge in [0, 0.05) is 21.1 Å². The summed E-state index contributed by atoms with van der Waals surface area (Å²) in [6.07, 6.45) is 2.34. The van der Waals surface area contributed by atoms with Crippen molar-refractivity contribution in [3.05, 3.63) is 53.7 Å². The number of nitrogens with one attached hydrogen (secondary N) is 1. The Hall–Kier alpha value is -2.34. The van der Waals surface area contributed by atoms with Gasteiger partial charge in [0.15, 0.2) is 0 Å². The van der Waals surface area contributed by atoms with E-state index in [0.29, 0.717) is 14.6 Å². The van der Waals surface area contributed by atoms with Gasteiger partial charge in [-0.1, -0.05) is 6.92 Å². The SMILES string of the molecule is CC(Cn1cc([N+](=O)[O-])cn1)C(=O)Nc1c(Br)cc([N+](=O)[O-])cc1Br. The van der Waals surface area contributed by atoms with Crippen molar-refractivity contribution in [2.75, 3.05) is 5.32 Å². The van der Waals surface area contributed by atoms with Gasteiger partial charge in [0.1, 0.15) is 12.4 Å². The highest BCUT2D eigenvalue weighted by atomic mass is 79.9. The lowest BCUT2D eigenvalue weighted by molar-refractivity contribution is -0.385.